The van der Waals surface area contributed by atoms with Gasteiger partial charge in [0, 0.05) is 39.1 Å². The molecule has 1 saturated heterocycles. The summed E-state index contributed by atoms with van der Waals surface area (Å²) in [6, 6.07) is 17.0. The van der Waals surface area contributed by atoms with E-state index in [1.165, 1.54) is 11.6 Å². The molecule has 148 valence electrons. The van der Waals surface area contributed by atoms with E-state index in [0.29, 0.717) is 38.2 Å². The van der Waals surface area contributed by atoms with Gasteiger partial charge in [-0.05, 0) is 29.3 Å². The van der Waals surface area contributed by atoms with E-state index >= 15 is 0 Å². The van der Waals surface area contributed by atoms with Gasteiger partial charge in [-0.2, -0.15) is 4.31 Å². The van der Waals surface area contributed by atoms with Crippen molar-refractivity contribution in [1.82, 2.24) is 9.21 Å². The molecular formula is C22H26N2O3S. The number of hydrogen-bond donors (Lipinski definition) is 0. The van der Waals surface area contributed by atoms with Crippen LogP contribution in [-0.2, 0) is 21.4 Å². The lowest BCUT2D eigenvalue weighted by molar-refractivity contribution is -0.114. The number of allylic oxidation sites excluding steroid dienone is 1. The summed E-state index contributed by atoms with van der Waals surface area (Å²) in [7, 11) is -3.54. The Morgan fingerprint density at radius 2 is 1.71 bits per heavy atom. The van der Waals surface area contributed by atoms with Gasteiger partial charge in [0.25, 0.3) is 0 Å². The van der Waals surface area contributed by atoms with Gasteiger partial charge in [0.15, 0.2) is 5.78 Å². The minimum atomic E-state index is -3.54. The zero-order chi connectivity index (χ0) is 20.0. The van der Waals surface area contributed by atoms with Crippen LogP contribution in [0.3, 0.4) is 0 Å². The van der Waals surface area contributed by atoms with Gasteiger partial charge in [-0.15, -0.1) is 0 Å². The molecule has 1 heterocycles. The number of sulfonamides is 1. The number of carbonyl (C=O) groups excluding carboxylic acids is 1. The third kappa shape index (κ3) is 5.16. The molecular weight excluding hydrogens is 372 g/mol. The van der Waals surface area contributed by atoms with Crippen LogP contribution in [0.5, 0.6) is 0 Å². The van der Waals surface area contributed by atoms with Gasteiger partial charge in [-0.3, -0.25) is 9.69 Å². The van der Waals surface area contributed by atoms with Gasteiger partial charge >= 0.3 is 0 Å². The first-order valence-electron chi connectivity index (χ1n) is 9.56. The fraction of sp³-hybridized carbons (Fsp3) is 0.318. The Kier molecular flexibility index (Phi) is 6.78. The Labute approximate surface area is 167 Å². The number of nitrogens with zero attached hydrogens (tertiary/aromatic N) is 2. The van der Waals surface area contributed by atoms with Crippen LogP contribution in [0.4, 0.5) is 0 Å². The van der Waals surface area contributed by atoms with E-state index in [-0.39, 0.29) is 10.7 Å². The predicted octanol–water partition coefficient (Wildman–Crippen LogP) is 3.19. The molecule has 3 rings (SSSR count). The van der Waals surface area contributed by atoms with Gasteiger partial charge in [0.05, 0.1) is 4.90 Å². The van der Waals surface area contributed by atoms with Crippen LogP contribution < -0.4 is 0 Å². The summed E-state index contributed by atoms with van der Waals surface area (Å²) < 4.78 is 27.6. The van der Waals surface area contributed by atoms with Crippen molar-refractivity contribution in [3.8, 4) is 0 Å². The maximum absolute atomic E-state index is 13.0. The molecule has 0 aromatic heterocycles. The molecule has 0 aliphatic carbocycles. The van der Waals surface area contributed by atoms with E-state index in [1.54, 1.807) is 41.6 Å². The number of carbonyl (C=O) groups is 1. The predicted molar refractivity (Wildman–Crippen MR) is 111 cm³/mol. The summed E-state index contributed by atoms with van der Waals surface area (Å²) in [6.07, 6.45) is 3.60. The van der Waals surface area contributed by atoms with Crippen molar-refractivity contribution in [2.45, 2.75) is 24.8 Å². The van der Waals surface area contributed by atoms with Crippen molar-refractivity contribution in [3.63, 3.8) is 0 Å². The van der Waals surface area contributed by atoms with Crippen LogP contribution in [0.1, 0.15) is 24.5 Å². The van der Waals surface area contributed by atoms with Gasteiger partial charge < -0.3 is 0 Å². The zero-order valence-corrected chi connectivity index (χ0v) is 16.9. The Hall–Kier alpha value is -2.28. The molecule has 0 radical (unpaired) electrons. The second-order valence-electron chi connectivity index (χ2n) is 6.89. The average Bonchev–Trinajstić information content (AvgIpc) is 2.73. The average molecular weight is 399 g/mol. The van der Waals surface area contributed by atoms with Crippen LogP contribution in [0.15, 0.2) is 65.6 Å². The first kappa shape index (κ1) is 20.5. The van der Waals surface area contributed by atoms with E-state index in [9.17, 15) is 13.2 Å². The highest BCUT2D eigenvalue weighted by Gasteiger charge is 2.28. The topological polar surface area (TPSA) is 57.7 Å². The number of hydrogen-bond acceptors (Lipinski definition) is 4. The van der Waals surface area contributed by atoms with E-state index < -0.39 is 10.0 Å². The Morgan fingerprint density at radius 1 is 1.00 bits per heavy atom. The standard InChI is InChI=1S/C22H26N2O3S/c1-2-21(25)12-11-19-9-6-10-22(17-19)28(26,27)24-15-13-23(14-16-24)18-20-7-4-3-5-8-20/h3-12,17H,2,13-16,18H2,1H3/b12-11+. The quantitative estimate of drug-likeness (QED) is 0.672. The van der Waals surface area contributed by atoms with Crippen LogP contribution >= 0.6 is 0 Å². The molecule has 0 N–H and O–H groups in total. The fourth-order valence-electron chi connectivity index (χ4n) is 3.20. The van der Waals surface area contributed by atoms with E-state index in [1.807, 2.05) is 18.2 Å². The summed E-state index contributed by atoms with van der Waals surface area (Å²) in [6.45, 7) is 5.00. The second kappa shape index (κ2) is 9.28. The van der Waals surface area contributed by atoms with Crippen molar-refractivity contribution >= 4 is 21.9 Å². The minimum absolute atomic E-state index is 0.0165. The van der Waals surface area contributed by atoms with Crippen LogP contribution in [0.2, 0.25) is 0 Å². The summed E-state index contributed by atoms with van der Waals surface area (Å²) in [5.41, 5.74) is 1.95. The van der Waals surface area contributed by atoms with Crippen LogP contribution in [0, 0.1) is 0 Å². The van der Waals surface area contributed by atoms with Crippen molar-refractivity contribution in [2.75, 3.05) is 26.2 Å². The molecule has 0 spiro atoms. The third-order valence-corrected chi connectivity index (χ3v) is 6.78. The SMILES string of the molecule is CCC(=O)/C=C/c1cccc(S(=O)(=O)N2CCN(Cc3ccccc3)CC2)c1. The summed E-state index contributed by atoms with van der Waals surface area (Å²) in [5, 5.41) is 0. The maximum Gasteiger partial charge on any atom is 0.243 e. The van der Waals surface area contributed by atoms with Gasteiger partial charge in [-0.25, -0.2) is 8.42 Å². The minimum Gasteiger partial charge on any atom is -0.296 e. The third-order valence-electron chi connectivity index (χ3n) is 4.89. The van der Waals surface area contributed by atoms with Crippen molar-refractivity contribution in [3.05, 3.63) is 71.8 Å². The van der Waals surface area contributed by atoms with Crippen molar-refractivity contribution < 1.29 is 13.2 Å². The number of benzene rings is 2. The summed E-state index contributed by atoms with van der Waals surface area (Å²) >= 11 is 0. The molecule has 0 unspecified atom stereocenters. The van der Waals surface area contributed by atoms with E-state index in [0.717, 1.165) is 6.54 Å². The van der Waals surface area contributed by atoms with Gasteiger partial charge in [-0.1, -0.05) is 55.5 Å². The van der Waals surface area contributed by atoms with E-state index in [2.05, 4.69) is 17.0 Å². The number of piperazine rings is 1. The maximum atomic E-state index is 13.0. The lowest BCUT2D eigenvalue weighted by Crippen LogP contribution is -2.48. The molecule has 0 saturated carbocycles. The lowest BCUT2D eigenvalue weighted by Gasteiger charge is -2.34. The molecule has 2 aromatic carbocycles. The van der Waals surface area contributed by atoms with Gasteiger partial charge in [0.2, 0.25) is 10.0 Å². The van der Waals surface area contributed by atoms with Crippen molar-refractivity contribution in [1.29, 1.82) is 0 Å². The lowest BCUT2D eigenvalue weighted by atomic mass is 10.2. The highest BCUT2D eigenvalue weighted by atomic mass is 32.2. The molecule has 0 bridgehead atoms. The molecule has 28 heavy (non-hydrogen) atoms. The largest absolute Gasteiger partial charge is 0.296 e. The van der Waals surface area contributed by atoms with E-state index in [4.69, 9.17) is 0 Å². The van der Waals surface area contributed by atoms with Gasteiger partial charge in [0.1, 0.15) is 0 Å². The number of rotatable bonds is 7. The summed E-state index contributed by atoms with van der Waals surface area (Å²) in [5.74, 6) is 0.0165. The fourth-order valence-corrected chi connectivity index (χ4v) is 4.68. The molecule has 0 amide bonds. The molecule has 6 heteroatoms. The molecule has 0 atom stereocenters. The molecule has 1 aliphatic heterocycles. The van der Waals surface area contributed by atoms with Crippen LogP contribution in [0.25, 0.3) is 6.08 Å². The Morgan fingerprint density at radius 3 is 2.39 bits per heavy atom. The first-order valence-corrected chi connectivity index (χ1v) is 11.0. The Bertz CT molecular complexity index is 931. The number of ketones is 1. The Balaban J connectivity index is 1.65. The molecule has 2 aromatic rings. The summed E-state index contributed by atoms with van der Waals surface area (Å²) in [4.78, 5) is 14.0. The van der Waals surface area contributed by atoms with Crippen molar-refractivity contribution in [2.24, 2.45) is 0 Å². The molecule has 5 nitrogen and oxygen atoms in total. The monoisotopic (exact) mass is 398 g/mol. The highest BCUT2D eigenvalue weighted by Crippen LogP contribution is 2.20. The first-order chi connectivity index (χ1) is 13.5. The highest BCUT2D eigenvalue weighted by molar-refractivity contribution is 7.89. The molecule has 1 aliphatic rings. The van der Waals surface area contributed by atoms with Crippen LogP contribution in [-0.4, -0.2) is 49.6 Å². The smallest absolute Gasteiger partial charge is 0.243 e. The molecule has 1 fully saturated rings. The second-order valence-corrected chi connectivity index (χ2v) is 8.83. The normalized spacial score (nSPS) is 16.5. The zero-order valence-electron chi connectivity index (χ0n) is 16.1.